The molecule has 0 spiro atoms. The number of carbonyl (C=O) groups excluding carboxylic acids is 2. The number of benzene rings is 1. The van der Waals surface area contributed by atoms with E-state index in [1.807, 2.05) is 49.9 Å². The normalized spacial score (nSPS) is 19.9. The van der Waals surface area contributed by atoms with Crippen LogP contribution in [0.4, 0.5) is 4.79 Å². The highest BCUT2D eigenvalue weighted by Crippen LogP contribution is 2.32. The lowest BCUT2D eigenvalue weighted by atomic mass is 10.0. The first-order valence-corrected chi connectivity index (χ1v) is 10.2. The molecule has 1 aliphatic heterocycles. The predicted molar refractivity (Wildman–Crippen MR) is 107 cm³/mol. The zero-order valence-corrected chi connectivity index (χ0v) is 17.4. The van der Waals surface area contributed by atoms with Gasteiger partial charge < -0.3 is 14.4 Å². The van der Waals surface area contributed by atoms with Crippen LogP contribution in [0.3, 0.4) is 0 Å². The Morgan fingerprint density at radius 3 is 2.36 bits per heavy atom. The Kier molecular flexibility index (Phi) is 6.16. The van der Waals surface area contributed by atoms with Gasteiger partial charge in [-0.25, -0.2) is 4.79 Å². The Bertz CT molecular complexity index is 691. The summed E-state index contributed by atoms with van der Waals surface area (Å²) in [5.74, 6) is 0.848. The van der Waals surface area contributed by atoms with Crippen molar-refractivity contribution in [1.82, 2.24) is 9.80 Å². The van der Waals surface area contributed by atoms with Gasteiger partial charge in [0, 0.05) is 19.1 Å². The first kappa shape index (κ1) is 20.5. The second-order valence-corrected chi connectivity index (χ2v) is 8.73. The molecule has 6 nitrogen and oxygen atoms in total. The number of ether oxygens (including phenoxy) is 2. The number of methoxy groups -OCH3 is 1. The molecule has 6 heteroatoms. The van der Waals surface area contributed by atoms with Gasteiger partial charge in [0.1, 0.15) is 17.4 Å². The van der Waals surface area contributed by atoms with E-state index in [-0.39, 0.29) is 18.0 Å². The van der Waals surface area contributed by atoms with E-state index in [4.69, 9.17) is 9.47 Å². The number of rotatable bonds is 5. The van der Waals surface area contributed by atoms with Crippen LogP contribution in [0.5, 0.6) is 5.75 Å². The molecular weight excluding hydrogens is 356 g/mol. The van der Waals surface area contributed by atoms with E-state index in [1.165, 1.54) is 0 Å². The largest absolute Gasteiger partial charge is 0.497 e. The number of carbonyl (C=O) groups is 2. The van der Waals surface area contributed by atoms with Crippen molar-refractivity contribution in [3.8, 4) is 5.75 Å². The lowest BCUT2D eigenvalue weighted by Crippen LogP contribution is -2.54. The lowest BCUT2D eigenvalue weighted by Gasteiger charge is -2.38. The molecule has 1 aliphatic carbocycles. The quantitative estimate of drug-likeness (QED) is 0.766. The first-order chi connectivity index (χ1) is 13.3. The fourth-order valence-electron chi connectivity index (χ4n) is 3.62. The average Bonchev–Trinajstić information content (AvgIpc) is 3.50. The summed E-state index contributed by atoms with van der Waals surface area (Å²) in [4.78, 5) is 29.7. The third kappa shape index (κ3) is 5.18. The van der Waals surface area contributed by atoms with Crippen molar-refractivity contribution in [2.75, 3.05) is 13.7 Å². The van der Waals surface area contributed by atoms with Crippen LogP contribution in [0.1, 0.15) is 58.4 Å². The number of piperidine rings is 1. The highest BCUT2D eigenvalue weighted by atomic mass is 16.6. The van der Waals surface area contributed by atoms with Crippen LogP contribution in [0.2, 0.25) is 0 Å². The van der Waals surface area contributed by atoms with Crippen molar-refractivity contribution in [3.63, 3.8) is 0 Å². The topological polar surface area (TPSA) is 59.1 Å². The van der Waals surface area contributed by atoms with Gasteiger partial charge in [0.25, 0.3) is 0 Å². The van der Waals surface area contributed by atoms with E-state index in [0.29, 0.717) is 19.5 Å². The van der Waals surface area contributed by atoms with Crippen LogP contribution in [0.15, 0.2) is 24.3 Å². The fraction of sp³-hybridized carbons (Fsp3) is 0.636. The van der Waals surface area contributed by atoms with Gasteiger partial charge in [0.2, 0.25) is 5.91 Å². The average molecular weight is 389 g/mol. The Morgan fingerprint density at radius 1 is 1.11 bits per heavy atom. The zero-order valence-electron chi connectivity index (χ0n) is 17.4. The molecule has 2 amide bonds. The maximum Gasteiger partial charge on any atom is 0.410 e. The molecule has 154 valence electrons. The number of hydrogen-bond donors (Lipinski definition) is 0. The minimum Gasteiger partial charge on any atom is -0.497 e. The number of hydrogen-bond acceptors (Lipinski definition) is 4. The second kappa shape index (κ2) is 8.41. The molecule has 1 heterocycles. The van der Waals surface area contributed by atoms with Gasteiger partial charge in [-0.1, -0.05) is 12.1 Å². The maximum absolute atomic E-state index is 13.4. The third-order valence-electron chi connectivity index (χ3n) is 5.20. The minimum absolute atomic E-state index is 0.0453. The molecule has 1 aromatic rings. The zero-order chi connectivity index (χ0) is 20.3. The third-order valence-corrected chi connectivity index (χ3v) is 5.20. The van der Waals surface area contributed by atoms with E-state index in [0.717, 1.165) is 37.0 Å². The standard InChI is InChI=1S/C22H32N2O4/c1-22(2,3)28-21(26)23-14-6-5-7-19(23)20(25)24(17-10-11-17)15-16-8-12-18(27-4)13-9-16/h8-9,12-13,17,19H,5-7,10-11,14-15H2,1-4H3/t19-/m1/s1. The fourth-order valence-corrected chi connectivity index (χ4v) is 3.62. The lowest BCUT2D eigenvalue weighted by molar-refractivity contribution is -0.139. The molecule has 1 saturated carbocycles. The van der Waals surface area contributed by atoms with Crippen LogP contribution in [-0.2, 0) is 16.1 Å². The van der Waals surface area contributed by atoms with Gasteiger partial charge >= 0.3 is 6.09 Å². The van der Waals surface area contributed by atoms with Gasteiger partial charge in [-0.3, -0.25) is 9.69 Å². The predicted octanol–water partition coefficient (Wildman–Crippen LogP) is 3.98. The summed E-state index contributed by atoms with van der Waals surface area (Å²) in [5, 5.41) is 0. The van der Waals surface area contributed by atoms with Crippen LogP contribution >= 0.6 is 0 Å². The van der Waals surface area contributed by atoms with E-state index >= 15 is 0 Å². The molecule has 0 bridgehead atoms. The Morgan fingerprint density at radius 2 is 1.79 bits per heavy atom. The van der Waals surface area contributed by atoms with Crippen molar-refractivity contribution < 1.29 is 19.1 Å². The maximum atomic E-state index is 13.4. The molecule has 0 aromatic heterocycles. The summed E-state index contributed by atoms with van der Waals surface area (Å²) in [7, 11) is 1.64. The van der Waals surface area contributed by atoms with Gasteiger partial charge in [-0.05, 0) is 70.6 Å². The molecule has 1 aromatic carbocycles. The Balaban J connectivity index is 1.74. The molecule has 2 aliphatic rings. The molecule has 0 N–H and O–H groups in total. The van der Waals surface area contributed by atoms with Crippen molar-refractivity contribution in [2.24, 2.45) is 0 Å². The Labute approximate surface area is 167 Å². The van der Waals surface area contributed by atoms with Crippen molar-refractivity contribution in [2.45, 2.75) is 77.1 Å². The summed E-state index contributed by atoms with van der Waals surface area (Å²) < 4.78 is 10.8. The molecule has 28 heavy (non-hydrogen) atoms. The Hall–Kier alpha value is -2.24. The smallest absolute Gasteiger partial charge is 0.410 e. The molecule has 3 rings (SSSR count). The van der Waals surface area contributed by atoms with Crippen LogP contribution in [0, 0.1) is 0 Å². The van der Waals surface area contributed by atoms with Crippen molar-refractivity contribution >= 4 is 12.0 Å². The molecule has 2 fully saturated rings. The molecule has 1 atom stereocenters. The number of nitrogens with zero attached hydrogens (tertiary/aromatic N) is 2. The number of likely N-dealkylation sites (tertiary alicyclic amines) is 1. The SMILES string of the molecule is COc1ccc(CN(C(=O)[C@H]2CCCCN2C(=O)OC(C)(C)C)C2CC2)cc1. The molecule has 1 saturated heterocycles. The summed E-state index contributed by atoms with van der Waals surface area (Å²) in [6, 6.07) is 7.67. The van der Waals surface area contributed by atoms with Crippen molar-refractivity contribution in [1.29, 1.82) is 0 Å². The van der Waals surface area contributed by atoms with Crippen molar-refractivity contribution in [3.05, 3.63) is 29.8 Å². The summed E-state index contributed by atoms with van der Waals surface area (Å²) >= 11 is 0. The van der Waals surface area contributed by atoms with E-state index < -0.39 is 11.6 Å². The minimum atomic E-state index is -0.568. The van der Waals surface area contributed by atoms with E-state index in [9.17, 15) is 9.59 Å². The second-order valence-electron chi connectivity index (χ2n) is 8.73. The van der Waals surface area contributed by atoms with Gasteiger partial charge in [0.15, 0.2) is 0 Å². The van der Waals surface area contributed by atoms with E-state index in [2.05, 4.69) is 0 Å². The first-order valence-electron chi connectivity index (χ1n) is 10.2. The number of amides is 2. The van der Waals surface area contributed by atoms with Gasteiger partial charge in [-0.2, -0.15) is 0 Å². The molecular formula is C22H32N2O4. The van der Waals surface area contributed by atoms with Crippen LogP contribution < -0.4 is 4.74 Å². The summed E-state index contributed by atoms with van der Waals surface area (Å²) in [5.41, 5.74) is 0.502. The monoisotopic (exact) mass is 388 g/mol. The summed E-state index contributed by atoms with van der Waals surface area (Å²) in [6.07, 6.45) is 4.24. The highest BCUT2D eigenvalue weighted by molar-refractivity contribution is 5.86. The van der Waals surface area contributed by atoms with Gasteiger partial charge in [0.05, 0.1) is 7.11 Å². The van der Waals surface area contributed by atoms with Gasteiger partial charge in [-0.15, -0.1) is 0 Å². The molecule has 0 unspecified atom stereocenters. The van der Waals surface area contributed by atoms with E-state index in [1.54, 1.807) is 12.0 Å². The molecule has 0 radical (unpaired) electrons. The van der Waals surface area contributed by atoms with Crippen LogP contribution in [0.25, 0.3) is 0 Å². The summed E-state index contributed by atoms with van der Waals surface area (Å²) in [6.45, 7) is 6.70. The highest BCUT2D eigenvalue weighted by Gasteiger charge is 2.41. The van der Waals surface area contributed by atoms with Crippen LogP contribution in [-0.4, -0.2) is 53.1 Å².